The molecule has 2 aromatic rings. The molecule has 2 N–H and O–H groups in total. The van der Waals surface area contributed by atoms with Gasteiger partial charge in [0.05, 0.1) is 6.21 Å². The van der Waals surface area contributed by atoms with Gasteiger partial charge in [-0.3, -0.25) is 5.43 Å². The zero-order valence-electron chi connectivity index (χ0n) is 15.1. The lowest BCUT2D eigenvalue weighted by Crippen LogP contribution is -2.31. The van der Waals surface area contributed by atoms with Crippen molar-refractivity contribution in [3.05, 3.63) is 52.8 Å². The van der Waals surface area contributed by atoms with Crippen LogP contribution in [0.1, 0.15) is 49.2 Å². The highest BCUT2D eigenvalue weighted by Gasteiger charge is 2.10. The fourth-order valence-electron chi connectivity index (χ4n) is 2.68. The number of thiocarbonyl (C=S) groups is 1. The molecule has 1 aromatic heterocycles. The standard InChI is InChI=1S/C19H26N4S/c1-6-20-19(24)22-21-12-17-11-14(4)23(15(17)5)18-9-7-16(8-10-18)13(2)3/h7-13H,6H2,1-5H3,(H2,20,22,24). The van der Waals surface area contributed by atoms with E-state index in [4.69, 9.17) is 12.2 Å². The van der Waals surface area contributed by atoms with Crippen molar-refractivity contribution in [2.75, 3.05) is 6.54 Å². The maximum absolute atomic E-state index is 5.10. The largest absolute Gasteiger partial charge is 0.362 e. The fourth-order valence-corrected chi connectivity index (χ4v) is 2.88. The van der Waals surface area contributed by atoms with E-state index in [1.165, 1.54) is 16.9 Å². The van der Waals surface area contributed by atoms with Gasteiger partial charge in [-0.1, -0.05) is 26.0 Å². The Hall–Kier alpha value is -2.14. The Labute approximate surface area is 150 Å². The molecule has 0 saturated heterocycles. The van der Waals surface area contributed by atoms with Gasteiger partial charge in [0, 0.05) is 29.2 Å². The van der Waals surface area contributed by atoms with E-state index in [0.29, 0.717) is 11.0 Å². The molecule has 1 heterocycles. The van der Waals surface area contributed by atoms with Crippen molar-refractivity contribution >= 4 is 23.5 Å². The number of hydrogen-bond acceptors (Lipinski definition) is 2. The summed E-state index contributed by atoms with van der Waals surface area (Å²) < 4.78 is 2.24. The lowest BCUT2D eigenvalue weighted by Gasteiger charge is -2.12. The highest BCUT2D eigenvalue weighted by molar-refractivity contribution is 7.80. The Bertz CT molecular complexity index is 727. The van der Waals surface area contributed by atoms with Gasteiger partial charge < -0.3 is 9.88 Å². The molecular weight excluding hydrogens is 316 g/mol. The summed E-state index contributed by atoms with van der Waals surface area (Å²) in [6.07, 6.45) is 1.81. The van der Waals surface area contributed by atoms with Crippen LogP contribution in [0.4, 0.5) is 0 Å². The van der Waals surface area contributed by atoms with Crippen LogP contribution < -0.4 is 10.7 Å². The van der Waals surface area contributed by atoms with Crippen molar-refractivity contribution in [2.45, 2.75) is 40.5 Å². The third-order valence-corrected chi connectivity index (χ3v) is 4.23. The van der Waals surface area contributed by atoms with E-state index >= 15 is 0 Å². The van der Waals surface area contributed by atoms with E-state index in [9.17, 15) is 0 Å². The van der Waals surface area contributed by atoms with Crippen molar-refractivity contribution in [3.8, 4) is 5.69 Å². The van der Waals surface area contributed by atoms with Gasteiger partial charge in [-0.15, -0.1) is 0 Å². The minimum atomic E-state index is 0.534. The summed E-state index contributed by atoms with van der Waals surface area (Å²) in [5.41, 5.74) is 8.77. The molecule has 0 spiro atoms. The molecule has 1 aromatic carbocycles. The molecule has 0 unspecified atom stereocenters. The van der Waals surface area contributed by atoms with E-state index in [1.807, 2.05) is 13.1 Å². The van der Waals surface area contributed by atoms with Crippen LogP contribution in [-0.4, -0.2) is 22.4 Å². The topological polar surface area (TPSA) is 41.4 Å². The molecule has 0 bridgehead atoms. The number of hydrazone groups is 1. The van der Waals surface area contributed by atoms with E-state index in [0.717, 1.165) is 17.8 Å². The van der Waals surface area contributed by atoms with Crippen LogP contribution in [0.3, 0.4) is 0 Å². The number of nitrogens with one attached hydrogen (secondary N) is 2. The molecule has 0 radical (unpaired) electrons. The zero-order valence-corrected chi connectivity index (χ0v) is 15.9. The predicted molar refractivity (Wildman–Crippen MR) is 106 cm³/mol. The SMILES string of the molecule is CCNC(=S)NN=Cc1cc(C)n(-c2ccc(C(C)C)cc2)c1C. The maximum atomic E-state index is 5.10. The average Bonchev–Trinajstić information content (AvgIpc) is 2.82. The van der Waals surface area contributed by atoms with Gasteiger partial charge >= 0.3 is 0 Å². The normalized spacial score (nSPS) is 11.2. The molecule has 0 saturated carbocycles. The summed E-state index contributed by atoms with van der Waals surface area (Å²) in [7, 11) is 0. The van der Waals surface area contributed by atoms with Crippen molar-refractivity contribution in [1.29, 1.82) is 0 Å². The minimum absolute atomic E-state index is 0.534. The Balaban J connectivity index is 2.22. The van der Waals surface area contributed by atoms with Crippen molar-refractivity contribution in [1.82, 2.24) is 15.3 Å². The van der Waals surface area contributed by atoms with Crippen LogP contribution in [0.25, 0.3) is 5.69 Å². The van der Waals surface area contributed by atoms with Crippen LogP contribution in [-0.2, 0) is 0 Å². The molecule has 4 nitrogen and oxygen atoms in total. The van der Waals surface area contributed by atoms with Gasteiger partial charge in [0.15, 0.2) is 5.11 Å². The summed E-state index contributed by atoms with van der Waals surface area (Å²) in [6.45, 7) is 11.4. The molecule has 0 aliphatic rings. The van der Waals surface area contributed by atoms with Crippen LogP contribution in [0.5, 0.6) is 0 Å². The minimum Gasteiger partial charge on any atom is -0.362 e. The first kappa shape index (κ1) is 18.2. The predicted octanol–water partition coefficient (Wildman–Crippen LogP) is 4.04. The number of hydrogen-bond donors (Lipinski definition) is 2. The Morgan fingerprint density at radius 1 is 1.25 bits per heavy atom. The second-order valence-corrected chi connectivity index (χ2v) is 6.55. The van der Waals surface area contributed by atoms with Gasteiger partial charge in [0.25, 0.3) is 0 Å². The number of benzene rings is 1. The van der Waals surface area contributed by atoms with Crippen LogP contribution >= 0.6 is 12.2 Å². The smallest absolute Gasteiger partial charge is 0.186 e. The highest BCUT2D eigenvalue weighted by atomic mass is 32.1. The lowest BCUT2D eigenvalue weighted by atomic mass is 10.0. The number of aryl methyl sites for hydroxylation is 1. The van der Waals surface area contributed by atoms with E-state index in [-0.39, 0.29) is 0 Å². The Morgan fingerprint density at radius 2 is 1.92 bits per heavy atom. The Kier molecular flexibility index (Phi) is 6.15. The summed E-state index contributed by atoms with van der Waals surface area (Å²) in [6, 6.07) is 10.9. The third kappa shape index (κ3) is 4.23. The molecule has 0 aliphatic heterocycles. The first-order valence-electron chi connectivity index (χ1n) is 8.30. The monoisotopic (exact) mass is 342 g/mol. The van der Waals surface area contributed by atoms with Crippen LogP contribution in [0, 0.1) is 13.8 Å². The van der Waals surface area contributed by atoms with Gasteiger partial charge in [0.2, 0.25) is 0 Å². The van der Waals surface area contributed by atoms with Crippen molar-refractivity contribution in [3.63, 3.8) is 0 Å². The molecule has 0 aliphatic carbocycles. The van der Waals surface area contributed by atoms with Gasteiger partial charge in [-0.25, -0.2) is 0 Å². The van der Waals surface area contributed by atoms with Crippen molar-refractivity contribution < 1.29 is 0 Å². The Morgan fingerprint density at radius 3 is 2.50 bits per heavy atom. The van der Waals surface area contributed by atoms with Gasteiger partial charge in [0.1, 0.15) is 0 Å². The van der Waals surface area contributed by atoms with Gasteiger partial charge in [-0.2, -0.15) is 5.10 Å². The number of rotatable bonds is 5. The highest BCUT2D eigenvalue weighted by Crippen LogP contribution is 2.22. The quantitative estimate of drug-likeness (QED) is 0.490. The fraction of sp³-hybridized carbons (Fsp3) is 0.368. The molecule has 128 valence electrons. The molecule has 24 heavy (non-hydrogen) atoms. The van der Waals surface area contributed by atoms with Crippen LogP contribution in [0.15, 0.2) is 35.4 Å². The molecule has 0 amide bonds. The van der Waals surface area contributed by atoms with Gasteiger partial charge in [-0.05, 0) is 62.7 Å². The number of aromatic nitrogens is 1. The molecule has 0 atom stereocenters. The summed E-state index contributed by atoms with van der Waals surface area (Å²) in [4.78, 5) is 0. The second-order valence-electron chi connectivity index (χ2n) is 6.14. The third-order valence-electron chi connectivity index (χ3n) is 4.00. The summed E-state index contributed by atoms with van der Waals surface area (Å²) in [5, 5.41) is 7.75. The molecular formula is C19H26N4S. The zero-order chi connectivity index (χ0) is 17.7. The second kappa shape index (κ2) is 8.11. The maximum Gasteiger partial charge on any atom is 0.186 e. The summed E-state index contributed by atoms with van der Waals surface area (Å²) >= 11 is 5.10. The lowest BCUT2D eigenvalue weighted by molar-refractivity contribution is 0.863. The molecule has 0 fully saturated rings. The number of nitrogens with zero attached hydrogens (tertiary/aromatic N) is 2. The first-order valence-corrected chi connectivity index (χ1v) is 8.71. The molecule has 2 rings (SSSR count). The summed E-state index contributed by atoms with van der Waals surface area (Å²) in [5.74, 6) is 0.542. The van der Waals surface area contributed by atoms with E-state index < -0.39 is 0 Å². The van der Waals surface area contributed by atoms with Crippen LogP contribution in [0.2, 0.25) is 0 Å². The first-order chi connectivity index (χ1) is 11.4. The van der Waals surface area contributed by atoms with E-state index in [1.54, 1.807) is 0 Å². The molecule has 5 heteroatoms. The van der Waals surface area contributed by atoms with E-state index in [2.05, 4.69) is 78.4 Å². The average molecular weight is 343 g/mol. The van der Waals surface area contributed by atoms with Crippen molar-refractivity contribution in [2.24, 2.45) is 5.10 Å².